The van der Waals surface area contributed by atoms with Crippen molar-refractivity contribution < 1.29 is 0 Å². The molecule has 0 aliphatic heterocycles. The van der Waals surface area contributed by atoms with Gasteiger partial charge >= 0.3 is 0 Å². The highest BCUT2D eigenvalue weighted by molar-refractivity contribution is 7.19. The number of anilines is 2. The van der Waals surface area contributed by atoms with Crippen LogP contribution in [0.3, 0.4) is 0 Å². The van der Waals surface area contributed by atoms with Crippen molar-refractivity contribution in [2.75, 3.05) is 5.32 Å². The zero-order chi connectivity index (χ0) is 16.8. The maximum absolute atomic E-state index is 4.58. The van der Waals surface area contributed by atoms with E-state index in [4.69, 9.17) is 0 Å². The van der Waals surface area contributed by atoms with Crippen LogP contribution in [0.1, 0.15) is 21.6 Å². The summed E-state index contributed by atoms with van der Waals surface area (Å²) in [6, 6.07) is 13.0. The first-order chi connectivity index (χ1) is 11.5. The number of aromatic nitrogens is 1. The van der Waals surface area contributed by atoms with Crippen LogP contribution < -0.4 is 5.32 Å². The van der Waals surface area contributed by atoms with Gasteiger partial charge in [0.05, 0.1) is 5.52 Å². The lowest BCUT2D eigenvalue weighted by molar-refractivity contribution is 1.33. The first-order valence-electron chi connectivity index (χ1n) is 8.15. The second-order valence-corrected chi connectivity index (χ2v) is 7.69. The maximum Gasteiger partial charge on any atom is 0.0729 e. The second-order valence-electron chi connectivity index (χ2n) is 6.43. The van der Waals surface area contributed by atoms with Gasteiger partial charge in [-0.05, 0) is 80.1 Å². The highest BCUT2D eigenvalue weighted by atomic mass is 32.1. The highest BCUT2D eigenvalue weighted by Gasteiger charge is 2.10. The second kappa shape index (κ2) is 5.60. The van der Waals surface area contributed by atoms with Gasteiger partial charge < -0.3 is 5.32 Å². The first kappa shape index (κ1) is 15.2. The zero-order valence-electron chi connectivity index (χ0n) is 14.4. The standard InChI is InChI=1S/C21H20N2S/c1-12-5-6-16(9-13(12)2)23-19-7-8-22-20-10-17-14(3)15(4)24-21(17)11-18(19)20/h5-11H,1-4H3,(H,22,23). The minimum atomic E-state index is 1.04. The summed E-state index contributed by atoms with van der Waals surface area (Å²) in [5, 5.41) is 6.06. The molecule has 3 heteroatoms. The largest absolute Gasteiger partial charge is 0.355 e. The number of hydrogen-bond acceptors (Lipinski definition) is 3. The molecular weight excluding hydrogens is 312 g/mol. The summed E-state index contributed by atoms with van der Waals surface area (Å²) < 4.78 is 1.33. The van der Waals surface area contributed by atoms with Crippen LogP contribution in [0.15, 0.2) is 42.6 Å². The maximum atomic E-state index is 4.58. The molecule has 0 unspecified atom stereocenters. The van der Waals surface area contributed by atoms with Crippen molar-refractivity contribution in [3.63, 3.8) is 0 Å². The van der Waals surface area contributed by atoms with Crippen LogP contribution in [-0.2, 0) is 0 Å². The van der Waals surface area contributed by atoms with Crippen molar-refractivity contribution in [3.8, 4) is 0 Å². The van der Waals surface area contributed by atoms with Gasteiger partial charge in [-0.2, -0.15) is 0 Å². The Hall–Kier alpha value is -2.39. The molecule has 24 heavy (non-hydrogen) atoms. The third kappa shape index (κ3) is 2.45. The average Bonchev–Trinajstić information content (AvgIpc) is 2.84. The molecule has 0 saturated heterocycles. The fourth-order valence-electron chi connectivity index (χ4n) is 3.07. The molecule has 120 valence electrons. The van der Waals surface area contributed by atoms with Crippen molar-refractivity contribution in [1.82, 2.24) is 4.98 Å². The summed E-state index contributed by atoms with van der Waals surface area (Å²) >= 11 is 1.86. The van der Waals surface area contributed by atoms with Crippen LogP contribution in [0.25, 0.3) is 21.0 Å². The van der Waals surface area contributed by atoms with Crippen LogP contribution in [0, 0.1) is 27.7 Å². The summed E-state index contributed by atoms with van der Waals surface area (Å²) in [4.78, 5) is 5.96. The van der Waals surface area contributed by atoms with Crippen molar-refractivity contribution in [2.24, 2.45) is 0 Å². The van der Waals surface area contributed by atoms with E-state index in [1.807, 2.05) is 17.5 Å². The average molecular weight is 332 g/mol. The molecular formula is C21H20N2S. The Morgan fingerprint density at radius 2 is 1.71 bits per heavy atom. The lowest BCUT2D eigenvalue weighted by Crippen LogP contribution is -1.94. The van der Waals surface area contributed by atoms with E-state index in [0.29, 0.717) is 0 Å². The third-order valence-electron chi connectivity index (χ3n) is 4.82. The van der Waals surface area contributed by atoms with Gasteiger partial charge in [-0.3, -0.25) is 4.98 Å². The third-order valence-corrected chi connectivity index (χ3v) is 5.99. The van der Waals surface area contributed by atoms with Gasteiger partial charge in [0.25, 0.3) is 0 Å². The first-order valence-corrected chi connectivity index (χ1v) is 8.97. The predicted octanol–water partition coefficient (Wildman–Crippen LogP) is 6.43. The van der Waals surface area contributed by atoms with E-state index in [2.05, 4.69) is 74.4 Å². The van der Waals surface area contributed by atoms with Gasteiger partial charge in [-0.25, -0.2) is 0 Å². The van der Waals surface area contributed by atoms with Gasteiger partial charge in [-0.15, -0.1) is 11.3 Å². The Labute approximate surface area is 146 Å². The zero-order valence-corrected chi connectivity index (χ0v) is 15.2. The monoisotopic (exact) mass is 332 g/mol. The van der Waals surface area contributed by atoms with Crippen LogP contribution in [-0.4, -0.2) is 4.98 Å². The van der Waals surface area contributed by atoms with E-state index in [1.54, 1.807) is 0 Å². The van der Waals surface area contributed by atoms with E-state index >= 15 is 0 Å². The summed E-state index contributed by atoms with van der Waals surface area (Å²) in [5.41, 5.74) is 7.23. The Balaban J connectivity index is 1.87. The molecule has 0 saturated carbocycles. The van der Waals surface area contributed by atoms with Crippen LogP contribution in [0.4, 0.5) is 11.4 Å². The lowest BCUT2D eigenvalue weighted by atomic mass is 10.1. The smallest absolute Gasteiger partial charge is 0.0729 e. The molecule has 0 aliphatic carbocycles. The molecule has 4 rings (SSSR count). The van der Waals surface area contributed by atoms with Crippen LogP contribution in [0.2, 0.25) is 0 Å². The summed E-state index contributed by atoms with van der Waals surface area (Å²) in [6.07, 6.45) is 1.88. The SMILES string of the molecule is Cc1ccc(Nc2ccnc3cc4c(C)c(C)sc4cc23)cc1C. The number of nitrogens with one attached hydrogen (secondary N) is 1. The molecule has 0 bridgehead atoms. The minimum absolute atomic E-state index is 1.04. The quantitative estimate of drug-likeness (QED) is 0.457. The van der Waals surface area contributed by atoms with Crippen molar-refractivity contribution >= 4 is 43.7 Å². The molecule has 2 heterocycles. The van der Waals surface area contributed by atoms with Crippen molar-refractivity contribution in [1.29, 1.82) is 0 Å². The molecule has 1 N–H and O–H groups in total. The summed E-state index contributed by atoms with van der Waals surface area (Å²) in [6.45, 7) is 8.66. The topological polar surface area (TPSA) is 24.9 Å². The molecule has 0 aliphatic rings. The molecule has 0 atom stereocenters. The van der Waals surface area contributed by atoms with Crippen molar-refractivity contribution in [3.05, 3.63) is 64.2 Å². The normalized spacial score (nSPS) is 11.3. The number of fused-ring (bicyclic) bond motifs is 2. The molecule has 4 aromatic rings. The number of rotatable bonds is 2. The highest BCUT2D eigenvalue weighted by Crippen LogP contribution is 2.35. The van der Waals surface area contributed by atoms with E-state index in [9.17, 15) is 0 Å². The molecule has 0 radical (unpaired) electrons. The molecule has 0 amide bonds. The molecule has 0 spiro atoms. The van der Waals surface area contributed by atoms with Crippen LogP contribution >= 0.6 is 11.3 Å². The van der Waals surface area contributed by atoms with E-state index in [-0.39, 0.29) is 0 Å². The van der Waals surface area contributed by atoms with Gasteiger partial charge in [0.1, 0.15) is 0 Å². The Morgan fingerprint density at radius 3 is 2.50 bits per heavy atom. The van der Waals surface area contributed by atoms with E-state index < -0.39 is 0 Å². The predicted molar refractivity (Wildman–Crippen MR) is 106 cm³/mol. The molecule has 2 aromatic heterocycles. The fourth-order valence-corrected chi connectivity index (χ4v) is 4.16. The van der Waals surface area contributed by atoms with E-state index in [1.165, 1.54) is 37.0 Å². The van der Waals surface area contributed by atoms with Gasteiger partial charge in [0, 0.05) is 32.5 Å². The van der Waals surface area contributed by atoms with E-state index in [0.717, 1.165) is 16.9 Å². The van der Waals surface area contributed by atoms with Crippen LogP contribution in [0.5, 0.6) is 0 Å². The van der Waals surface area contributed by atoms with Gasteiger partial charge in [0.15, 0.2) is 0 Å². The number of pyridine rings is 1. The number of benzene rings is 2. The molecule has 0 fully saturated rings. The molecule has 2 aromatic carbocycles. The van der Waals surface area contributed by atoms with Gasteiger partial charge in [-0.1, -0.05) is 6.07 Å². The Bertz CT molecular complexity index is 1080. The number of hydrogen-bond donors (Lipinski definition) is 1. The van der Waals surface area contributed by atoms with Crippen molar-refractivity contribution in [2.45, 2.75) is 27.7 Å². The Kier molecular flexibility index (Phi) is 3.54. The van der Waals surface area contributed by atoms with Gasteiger partial charge in [0.2, 0.25) is 0 Å². The number of nitrogens with zero attached hydrogens (tertiary/aromatic N) is 1. The lowest BCUT2D eigenvalue weighted by Gasteiger charge is -2.11. The Morgan fingerprint density at radius 1 is 0.875 bits per heavy atom. The molecule has 2 nitrogen and oxygen atoms in total. The minimum Gasteiger partial charge on any atom is -0.355 e. The number of aryl methyl sites for hydroxylation is 4. The summed E-state index contributed by atoms with van der Waals surface area (Å²) in [7, 11) is 0. The summed E-state index contributed by atoms with van der Waals surface area (Å²) in [5.74, 6) is 0. The number of thiophene rings is 1. The fraction of sp³-hybridized carbons (Fsp3) is 0.190.